The zero-order valence-corrected chi connectivity index (χ0v) is 19.2. The highest BCUT2D eigenvalue weighted by atomic mass is 32.2. The Hall–Kier alpha value is 0.374. The monoisotopic (exact) mass is 378 g/mol. The van der Waals surface area contributed by atoms with Crippen molar-refractivity contribution >= 4 is 33.5 Å². The maximum Gasteiger partial charge on any atom is 0.189 e. The molecule has 0 rings (SSSR count). The van der Waals surface area contributed by atoms with Gasteiger partial charge in [-0.3, -0.25) is 4.79 Å². The SMILES string of the molecule is CCCCCCCC(=O)SCC(CO[Si](C)(C)C)O[Si](C)(C)C. The molecule has 1 atom stereocenters. The molecule has 0 radical (unpaired) electrons. The van der Waals surface area contributed by atoms with E-state index >= 15 is 0 Å². The summed E-state index contributed by atoms with van der Waals surface area (Å²) in [5, 5.41) is 0.304. The number of carbonyl (C=O) groups excluding carboxylic acids is 1. The molecule has 0 aromatic carbocycles. The summed E-state index contributed by atoms with van der Waals surface area (Å²) in [5.74, 6) is 0.725. The van der Waals surface area contributed by atoms with Crippen molar-refractivity contribution in [2.24, 2.45) is 0 Å². The van der Waals surface area contributed by atoms with Gasteiger partial charge < -0.3 is 8.85 Å². The van der Waals surface area contributed by atoms with Gasteiger partial charge in [0, 0.05) is 12.2 Å². The van der Waals surface area contributed by atoms with Crippen LogP contribution in [0.5, 0.6) is 0 Å². The minimum absolute atomic E-state index is 0.0439. The van der Waals surface area contributed by atoms with Crippen LogP contribution < -0.4 is 0 Å². The molecule has 0 aliphatic carbocycles. The van der Waals surface area contributed by atoms with Gasteiger partial charge in [-0.15, -0.1) is 0 Å². The molecule has 0 aliphatic heterocycles. The highest BCUT2D eigenvalue weighted by Crippen LogP contribution is 2.18. The van der Waals surface area contributed by atoms with Gasteiger partial charge >= 0.3 is 0 Å². The molecule has 23 heavy (non-hydrogen) atoms. The Morgan fingerprint density at radius 3 is 2.09 bits per heavy atom. The molecule has 3 nitrogen and oxygen atoms in total. The number of carbonyl (C=O) groups is 1. The Bertz CT molecular complexity index is 325. The van der Waals surface area contributed by atoms with Crippen LogP contribution in [0.25, 0.3) is 0 Å². The predicted octanol–water partition coefficient (Wildman–Crippen LogP) is 5.68. The molecular weight excluding hydrogens is 340 g/mol. The van der Waals surface area contributed by atoms with Crippen LogP contribution in [0, 0.1) is 0 Å². The highest BCUT2D eigenvalue weighted by Gasteiger charge is 2.24. The second-order valence-corrected chi connectivity index (χ2v) is 18.2. The number of hydrogen-bond acceptors (Lipinski definition) is 4. The molecular formula is C17H38O3SSi2. The van der Waals surface area contributed by atoms with Crippen molar-refractivity contribution in [3.05, 3.63) is 0 Å². The van der Waals surface area contributed by atoms with Gasteiger partial charge in [-0.05, 0) is 45.7 Å². The lowest BCUT2D eigenvalue weighted by Gasteiger charge is -2.28. The number of thioether (sulfide) groups is 1. The fourth-order valence-corrected chi connectivity index (χ4v) is 4.87. The number of rotatable bonds is 13. The van der Waals surface area contributed by atoms with E-state index in [2.05, 4.69) is 46.2 Å². The van der Waals surface area contributed by atoms with Gasteiger partial charge in [-0.2, -0.15) is 0 Å². The van der Waals surface area contributed by atoms with Crippen LogP contribution in [-0.2, 0) is 13.6 Å². The summed E-state index contributed by atoms with van der Waals surface area (Å²) in [5.41, 5.74) is 0. The number of unbranched alkanes of at least 4 members (excludes halogenated alkanes) is 4. The lowest BCUT2D eigenvalue weighted by molar-refractivity contribution is -0.111. The van der Waals surface area contributed by atoms with Crippen molar-refractivity contribution in [1.82, 2.24) is 0 Å². The van der Waals surface area contributed by atoms with E-state index in [1.54, 1.807) is 0 Å². The highest BCUT2D eigenvalue weighted by molar-refractivity contribution is 8.13. The predicted molar refractivity (Wildman–Crippen MR) is 108 cm³/mol. The summed E-state index contributed by atoms with van der Waals surface area (Å²) in [7, 11) is -3.16. The third kappa shape index (κ3) is 17.0. The molecule has 0 heterocycles. The van der Waals surface area contributed by atoms with Gasteiger partial charge in [-0.1, -0.05) is 44.4 Å². The van der Waals surface area contributed by atoms with Crippen molar-refractivity contribution in [2.45, 2.75) is 90.8 Å². The quantitative estimate of drug-likeness (QED) is 0.305. The average Bonchev–Trinajstić information content (AvgIpc) is 2.39. The summed E-state index contributed by atoms with van der Waals surface area (Å²) in [6.07, 6.45) is 6.71. The van der Waals surface area contributed by atoms with Gasteiger partial charge in [0.15, 0.2) is 21.8 Å². The van der Waals surface area contributed by atoms with E-state index in [0.717, 1.165) is 12.2 Å². The van der Waals surface area contributed by atoms with Crippen molar-refractivity contribution in [1.29, 1.82) is 0 Å². The molecule has 0 amide bonds. The summed E-state index contributed by atoms with van der Waals surface area (Å²) < 4.78 is 12.2. The maximum absolute atomic E-state index is 12.0. The van der Waals surface area contributed by atoms with Gasteiger partial charge in [0.1, 0.15) is 0 Å². The Labute approximate surface area is 150 Å². The smallest absolute Gasteiger partial charge is 0.189 e. The zero-order chi connectivity index (χ0) is 17.9. The molecule has 0 spiro atoms. The van der Waals surface area contributed by atoms with Crippen molar-refractivity contribution < 1.29 is 13.6 Å². The van der Waals surface area contributed by atoms with Crippen LogP contribution in [0.4, 0.5) is 0 Å². The summed E-state index contributed by atoms with van der Waals surface area (Å²) >= 11 is 1.43. The van der Waals surface area contributed by atoms with Crippen LogP contribution in [0.1, 0.15) is 45.4 Å². The normalized spacial score (nSPS) is 14.0. The van der Waals surface area contributed by atoms with Crippen LogP contribution >= 0.6 is 11.8 Å². The van der Waals surface area contributed by atoms with Crippen LogP contribution in [-0.4, -0.2) is 40.2 Å². The van der Waals surface area contributed by atoms with Gasteiger partial charge in [0.05, 0.1) is 12.7 Å². The van der Waals surface area contributed by atoms with E-state index in [4.69, 9.17) is 8.85 Å². The fourth-order valence-electron chi connectivity index (χ4n) is 2.09. The molecule has 0 fully saturated rings. The molecule has 138 valence electrons. The largest absolute Gasteiger partial charge is 0.415 e. The Morgan fingerprint density at radius 2 is 1.57 bits per heavy atom. The van der Waals surface area contributed by atoms with Crippen molar-refractivity contribution in [3.63, 3.8) is 0 Å². The first-order chi connectivity index (χ1) is 10.5. The molecule has 0 N–H and O–H groups in total. The first-order valence-corrected chi connectivity index (χ1v) is 16.8. The molecule has 0 aliphatic rings. The summed E-state index contributed by atoms with van der Waals surface area (Å²) in [4.78, 5) is 12.0. The molecule has 6 heteroatoms. The zero-order valence-electron chi connectivity index (χ0n) is 16.4. The molecule has 0 aromatic rings. The Balaban J connectivity index is 4.13. The van der Waals surface area contributed by atoms with Crippen LogP contribution in [0.15, 0.2) is 0 Å². The molecule has 0 saturated heterocycles. The topological polar surface area (TPSA) is 35.5 Å². The van der Waals surface area contributed by atoms with Crippen molar-refractivity contribution in [2.75, 3.05) is 12.4 Å². The first kappa shape index (κ1) is 23.4. The maximum atomic E-state index is 12.0. The minimum atomic E-state index is -1.62. The fraction of sp³-hybridized carbons (Fsp3) is 0.941. The summed E-state index contributed by atoms with van der Waals surface area (Å²) in [6, 6.07) is 0. The van der Waals surface area contributed by atoms with Gasteiger partial charge in [0.25, 0.3) is 0 Å². The molecule has 0 saturated carbocycles. The minimum Gasteiger partial charge on any atom is -0.415 e. The van der Waals surface area contributed by atoms with E-state index in [1.165, 1.54) is 37.4 Å². The summed E-state index contributed by atoms with van der Waals surface area (Å²) in [6.45, 7) is 16.0. The lowest BCUT2D eigenvalue weighted by atomic mass is 10.1. The van der Waals surface area contributed by atoms with E-state index < -0.39 is 16.6 Å². The van der Waals surface area contributed by atoms with Gasteiger partial charge in [0.2, 0.25) is 0 Å². The molecule has 1 unspecified atom stereocenters. The van der Waals surface area contributed by atoms with Gasteiger partial charge in [-0.25, -0.2) is 0 Å². The number of hydrogen-bond donors (Lipinski definition) is 0. The van der Waals surface area contributed by atoms with E-state index in [1.807, 2.05) is 0 Å². The Morgan fingerprint density at radius 1 is 0.957 bits per heavy atom. The third-order valence-corrected chi connectivity index (χ3v) is 6.27. The third-order valence-electron chi connectivity index (χ3n) is 3.14. The second-order valence-electron chi connectivity index (χ2n) is 8.12. The van der Waals surface area contributed by atoms with Crippen LogP contribution in [0.3, 0.4) is 0 Å². The standard InChI is InChI=1S/C17H38O3SSi2/c1-8-9-10-11-12-13-17(18)21-15-16(20-23(5,6)7)14-19-22(2,3)4/h16H,8-15H2,1-7H3. The lowest BCUT2D eigenvalue weighted by Crippen LogP contribution is -2.39. The Kier molecular flexibility index (Phi) is 12.0. The van der Waals surface area contributed by atoms with E-state index in [9.17, 15) is 4.79 Å². The van der Waals surface area contributed by atoms with Crippen LogP contribution in [0.2, 0.25) is 39.3 Å². The first-order valence-electron chi connectivity index (χ1n) is 9.01. The van der Waals surface area contributed by atoms with E-state index in [-0.39, 0.29) is 6.10 Å². The van der Waals surface area contributed by atoms with E-state index in [0.29, 0.717) is 18.1 Å². The molecule has 0 aromatic heterocycles. The second kappa shape index (κ2) is 11.8. The average molecular weight is 379 g/mol. The molecule has 0 bridgehead atoms. The van der Waals surface area contributed by atoms with Crippen molar-refractivity contribution in [3.8, 4) is 0 Å².